The molecule has 0 radical (unpaired) electrons. The maximum atomic E-state index is 11.6. The fraction of sp³-hybridized carbons (Fsp3) is 0.357. The summed E-state index contributed by atoms with van der Waals surface area (Å²) in [5.74, 6) is -0.707. The summed E-state index contributed by atoms with van der Waals surface area (Å²) in [6.45, 7) is -0.210. The number of hydrogen-bond donors (Lipinski definition) is 3. The minimum absolute atomic E-state index is 0.210. The van der Waals surface area contributed by atoms with Gasteiger partial charge in [-0.2, -0.15) is 0 Å². The Kier molecular flexibility index (Phi) is 4.86. The molecule has 0 aromatic heterocycles. The van der Waals surface area contributed by atoms with Crippen LogP contribution in [-0.4, -0.2) is 52.5 Å². The molecular weight excluding hydrogens is 264 g/mol. The quantitative estimate of drug-likeness (QED) is 0.519. The summed E-state index contributed by atoms with van der Waals surface area (Å²) < 4.78 is 9.83. The van der Waals surface area contributed by atoms with Gasteiger partial charge >= 0.3 is 5.97 Å². The first-order chi connectivity index (χ1) is 9.58. The Labute approximate surface area is 115 Å². The summed E-state index contributed by atoms with van der Waals surface area (Å²) >= 11 is 0. The molecule has 1 aliphatic rings. The summed E-state index contributed by atoms with van der Waals surface area (Å²) in [6.07, 6.45) is -2.61. The van der Waals surface area contributed by atoms with Gasteiger partial charge in [0.15, 0.2) is 0 Å². The molecule has 2 rings (SSSR count). The topological polar surface area (TPSA) is 96.2 Å². The number of aliphatic hydroxyl groups is 3. The Hall–Kier alpha value is -1.73. The average Bonchev–Trinajstić information content (AvgIpc) is 2.47. The number of ether oxygens (including phenoxy) is 2. The zero-order valence-electron chi connectivity index (χ0n) is 10.6. The minimum Gasteiger partial charge on any atom is -0.430 e. The normalized spacial score (nSPS) is 30.4. The molecule has 4 unspecified atom stereocenters. The van der Waals surface area contributed by atoms with Crippen molar-refractivity contribution >= 4 is 12.0 Å². The molecular formula is C14H16O6. The molecule has 108 valence electrons. The Bertz CT molecular complexity index is 472. The van der Waals surface area contributed by atoms with E-state index < -0.39 is 30.6 Å². The van der Waals surface area contributed by atoms with Gasteiger partial charge in [-0.15, -0.1) is 0 Å². The summed E-state index contributed by atoms with van der Waals surface area (Å²) in [6, 6.07) is 9.15. The molecule has 3 N–H and O–H groups in total. The molecule has 4 atom stereocenters. The van der Waals surface area contributed by atoms with Crippen molar-refractivity contribution in [3.05, 3.63) is 42.0 Å². The summed E-state index contributed by atoms with van der Waals surface area (Å²) in [5, 5.41) is 28.3. The first-order valence-electron chi connectivity index (χ1n) is 6.17. The van der Waals surface area contributed by atoms with Crippen LogP contribution in [0.25, 0.3) is 6.08 Å². The first kappa shape index (κ1) is 14.7. The lowest BCUT2D eigenvalue weighted by molar-refractivity contribution is -0.260. The fourth-order valence-corrected chi connectivity index (χ4v) is 1.77. The third-order valence-electron chi connectivity index (χ3n) is 2.90. The van der Waals surface area contributed by atoms with Gasteiger partial charge in [-0.3, -0.25) is 0 Å². The molecule has 1 heterocycles. The molecule has 1 saturated heterocycles. The van der Waals surface area contributed by atoms with Crippen LogP contribution in [0, 0.1) is 0 Å². The number of carbonyl (C=O) groups excluding carboxylic acids is 1. The number of hydrogen-bond acceptors (Lipinski definition) is 6. The zero-order chi connectivity index (χ0) is 14.5. The Morgan fingerprint density at radius 2 is 1.90 bits per heavy atom. The number of aliphatic hydroxyl groups excluding tert-OH is 3. The van der Waals surface area contributed by atoms with Crippen LogP contribution in [0.2, 0.25) is 0 Å². The number of rotatable bonds is 3. The zero-order valence-corrected chi connectivity index (χ0v) is 10.6. The number of esters is 1. The third-order valence-corrected chi connectivity index (χ3v) is 2.90. The molecule has 0 saturated carbocycles. The molecule has 0 bridgehead atoms. The molecule has 1 aromatic rings. The van der Waals surface area contributed by atoms with Crippen molar-refractivity contribution in [2.75, 3.05) is 6.61 Å². The van der Waals surface area contributed by atoms with E-state index in [4.69, 9.17) is 9.47 Å². The van der Waals surface area contributed by atoms with Gasteiger partial charge in [0.05, 0.1) is 6.61 Å². The van der Waals surface area contributed by atoms with E-state index in [9.17, 15) is 20.1 Å². The molecule has 1 fully saturated rings. The largest absolute Gasteiger partial charge is 0.430 e. The van der Waals surface area contributed by atoms with Crippen LogP contribution in [0.5, 0.6) is 0 Å². The summed E-state index contributed by atoms with van der Waals surface area (Å²) in [7, 11) is 0. The highest BCUT2D eigenvalue weighted by atomic mass is 16.7. The van der Waals surface area contributed by atoms with Crippen molar-refractivity contribution in [1.29, 1.82) is 0 Å². The Morgan fingerprint density at radius 3 is 2.60 bits per heavy atom. The van der Waals surface area contributed by atoms with E-state index in [1.54, 1.807) is 6.08 Å². The highest BCUT2D eigenvalue weighted by Gasteiger charge is 2.39. The van der Waals surface area contributed by atoms with E-state index in [2.05, 4.69) is 0 Å². The lowest BCUT2D eigenvalue weighted by Gasteiger charge is -2.34. The maximum Gasteiger partial charge on any atom is 0.333 e. The van der Waals surface area contributed by atoms with Crippen molar-refractivity contribution in [1.82, 2.24) is 0 Å². The van der Waals surface area contributed by atoms with Crippen LogP contribution in [0.15, 0.2) is 36.4 Å². The highest BCUT2D eigenvalue weighted by Crippen LogP contribution is 2.17. The Morgan fingerprint density at radius 1 is 1.20 bits per heavy atom. The molecule has 1 aromatic carbocycles. The van der Waals surface area contributed by atoms with Crippen molar-refractivity contribution in [3.8, 4) is 0 Å². The Balaban J connectivity index is 1.90. The van der Waals surface area contributed by atoms with E-state index in [1.807, 2.05) is 30.3 Å². The van der Waals surface area contributed by atoms with E-state index in [-0.39, 0.29) is 6.61 Å². The number of carbonyl (C=O) groups is 1. The second kappa shape index (κ2) is 6.62. The second-order valence-electron chi connectivity index (χ2n) is 4.43. The van der Waals surface area contributed by atoms with Gasteiger partial charge in [0.1, 0.15) is 18.3 Å². The van der Waals surface area contributed by atoms with Crippen molar-refractivity contribution in [3.63, 3.8) is 0 Å². The molecule has 20 heavy (non-hydrogen) atoms. The van der Waals surface area contributed by atoms with Gasteiger partial charge in [-0.1, -0.05) is 30.3 Å². The van der Waals surface area contributed by atoms with Crippen LogP contribution < -0.4 is 0 Å². The van der Waals surface area contributed by atoms with Crippen molar-refractivity contribution in [2.45, 2.75) is 24.6 Å². The van der Waals surface area contributed by atoms with Crippen molar-refractivity contribution in [2.24, 2.45) is 0 Å². The highest BCUT2D eigenvalue weighted by molar-refractivity contribution is 5.87. The first-order valence-corrected chi connectivity index (χ1v) is 6.17. The van der Waals surface area contributed by atoms with Crippen LogP contribution >= 0.6 is 0 Å². The standard InChI is InChI=1S/C14H16O6/c15-10-8-19-14(13(18)12(10)17)20-11(16)7-6-9-4-2-1-3-5-9/h1-7,10,12-15,17-18H,8H2. The van der Waals surface area contributed by atoms with E-state index in [0.717, 1.165) is 5.56 Å². The predicted molar refractivity (Wildman–Crippen MR) is 69.3 cm³/mol. The molecule has 0 spiro atoms. The van der Waals surface area contributed by atoms with E-state index in [0.29, 0.717) is 0 Å². The average molecular weight is 280 g/mol. The van der Waals surface area contributed by atoms with Gasteiger partial charge in [-0.05, 0) is 11.6 Å². The molecule has 6 nitrogen and oxygen atoms in total. The molecule has 6 heteroatoms. The van der Waals surface area contributed by atoms with Crippen LogP contribution in [-0.2, 0) is 14.3 Å². The van der Waals surface area contributed by atoms with Crippen LogP contribution in [0.1, 0.15) is 5.56 Å². The minimum atomic E-state index is -1.48. The monoisotopic (exact) mass is 280 g/mol. The summed E-state index contributed by atoms with van der Waals surface area (Å²) in [4.78, 5) is 11.6. The van der Waals surface area contributed by atoms with Crippen LogP contribution in [0.3, 0.4) is 0 Å². The van der Waals surface area contributed by atoms with Gasteiger partial charge in [0.25, 0.3) is 0 Å². The number of benzene rings is 1. The van der Waals surface area contributed by atoms with Gasteiger partial charge in [0.2, 0.25) is 6.29 Å². The predicted octanol–water partition coefficient (Wildman–Crippen LogP) is -0.318. The molecule has 0 aliphatic carbocycles. The molecule has 1 aliphatic heterocycles. The van der Waals surface area contributed by atoms with Crippen molar-refractivity contribution < 1.29 is 29.6 Å². The van der Waals surface area contributed by atoms with Gasteiger partial charge in [-0.25, -0.2) is 4.79 Å². The maximum absolute atomic E-state index is 11.6. The molecule has 0 amide bonds. The van der Waals surface area contributed by atoms with E-state index in [1.165, 1.54) is 6.08 Å². The SMILES string of the molecule is O=C(C=Cc1ccccc1)OC1OCC(O)C(O)C1O. The smallest absolute Gasteiger partial charge is 0.333 e. The third kappa shape index (κ3) is 3.64. The van der Waals surface area contributed by atoms with E-state index >= 15 is 0 Å². The van der Waals surface area contributed by atoms with Gasteiger partial charge < -0.3 is 24.8 Å². The summed E-state index contributed by atoms with van der Waals surface area (Å²) in [5.41, 5.74) is 0.824. The van der Waals surface area contributed by atoms with Crippen LogP contribution in [0.4, 0.5) is 0 Å². The van der Waals surface area contributed by atoms with Gasteiger partial charge in [0, 0.05) is 6.08 Å². The lowest BCUT2D eigenvalue weighted by atomic mass is 10.1. The second-order valence-corrected chi connectivity index (χ2v) is 4.43. The lowest BCUT2D eigenvalue weighted by Crippen LogP contribution is -2.54. The fourth-order valence-electron chi connectivity index (χ4n) is 1.77.